The molecule has 7 nitrogen and oxygen atoms in total. The molecule has 4 rings (SSSR count). The molecule has 2 heterocycles. The van der Waals surface area contributed by atoms with Crippen LogP contribution in [0.3, 0.4) is 0 Å². The molecule has 1 aliphatic heterocycles. The molecule has 0 unspecified atom stereocenters. The zero-order chi connectivity index (χ0) is 20.2. The highest BCUT2D eigenvalue weighted by atomic mass is 16.5. The monoisotopic (exact) mass is 393 g/mol. The summed E-state index contributed by atoms with van der Waals surface area (Å²) >= 11 is 0. The number of primary amides is 1. The van der Waals surface area contributed by atoms with Crippen molar-refractivity contribution in [2.24, 2.45) is 5.73 Å². The minimum absolute atomic E-state index is 0.357. The minimum Gasteiger partial charge on any atom is -0.408 e. The van der Waals surface area contributed by atoms with Gasteiger partial charge < -0.3 is 20.4 Å². The van der Waals surface area contributed by atoms with Crippen LogP contribution in [0.1, 0.15) is 19.8 Å². The maximum atomic E-state index is 11.1. The smallest absolute Gasteiger partial charge is 0.408 e. The first-order chi connectivity index (χ1) is 14.1. The Hall–Kier alpha value is -3.06. The molecule has 0 radical (unpaired) electrons. The SMILES string of the molecule is CCCCN1CCN(c2ccc(-c3nc4c(OC(N)=O)cccc4[nH]3)cc2)CC1. The van der Waals surface area contributed by atoms with Crippen LogP contribution in [0.15, 0.2) is 42.5 Å². The first-order valence-corrected chi connectivity index (χ1v) is 10.2. The molecule has 1 aliphatic rings. The Balaban J connectivity index is 1.48. The Labute approximate surface area is 170 Å². The third-order valence-electron chi connectivity index (χ3n) is 5.39. The number of hydrogen-bond acceptors (Lipinski definition) is 5. The topological polar surface area (TPSA) is 87.5 Å². The largest absolute Gasteiger partial charge is 0.410 e. The lowest BCUT2D eigenvalue weighted by Gasteiger charge is -2.36. The fourth-order valence-corrected chi connectivity index (χ4v) is 3.77. The molecule has 0 bridgehead atoms. The fraction of sp³-hybridized carbons (Fsp3) is 0.364. The molecule has 1 aromatic heterocycles. The summed E-state index contributed by atoms with van der Waals surface area (Å²) in [6.45, 7) is 7.80. The van der Waals surface area contributed by atoms with E-state index in [1.54, 1.807) is 12.1 Å². The second-order valence-electron chi connectivity index (χ2n) is 7.39. The number of carbonyl (C=O) groups excluding carboxylic acids is 1. The van der Waals surface area contributed by atoms with E-state index in [1.165, 1.54) is 25.1 Å². The molecule has 0 aliphatic carbocycles. The standard InChI is InChI=1S/C22H27N5O2/c1-2-3-11-26-12-14-27(15-13-26)17-9-7-16(8-10-17)21-24-18-5-4-6-19(20(18)25-21)29-22(23)28/h4-10H,2-3,11-15H2,1H3,(H2,23,28)(H,24,25). The Morgan fingerprint density at radius 1 is 1.14 bits per heavy atom. The number of unbranched alkanes of at least 4 members (excludes halogenated alkanes) is 1. The van der Waals surface area contributed by atoms with Gasteiger partial charge in [-0.1, -0.05) is 19.4 Å². The number of benzene rings is 2. The van der Waals surface area contributed by atoms with Crippen LogP contribution < -0.4 is 15.4 Å². The Bertz CT molecular complexity index is 975. The summed E-state index contributed by atoms with van der Waals surface area (Å²) in [5.74, 6) is 1.09. The number of aromatic nitrogens is 2. The van der Waals surface area contributed by atoms with E-state index in [2.05, 4.69) is 51.0 Å². The summed E-state index contributed by atoms with van der Waals surface area (Å²) in [5.41, 5.74) is 8.75. The van der Waals surface area contributed by atoms with Crippen LogP contribution in [-0.2, 0) is 0 Å². The first kappa shape index (κ1) is 19.3. The average molecular weight is 393 g/mol. The van der Waals surface area contributed by atoms with Crippen LogP contribution in [0.5, 0.6) is 5.75 Å². The van der Waals surface area contributed by atoms with E-state index in [0.29, 0.717) is 11.3 Å². The second kappa shape index (κ2) is 8.53. The number of para-hydroxylation sites is 1. The number of piperazine rings is 1. The van der Waals surface area contributed by atoms with Crippen LogP contribution in [0.25, 0.3) is 22.4 Å². The van der Waals surface area contributed by atoms with E-state index >= 15 is 0 Å². The number of amides is 1. The number of fused-ring (bicyclic) bond motifs is 1. The fourth-order valence-electron chi connectivity index (χ4n) is 3.77. The number of carbonyl (C=O) groups is 1. The Morgan fingerprint density at radius 3 is 2.59 bits per heavy atom. The molecule has 7 heteroatoms. The van der Waals surface area contributed by atoms with E-state index < -0.39 is 6.09 Å². The Morgan fingerprint density at radius 2 is 1.90 bits per heavy atom. The molecule has 29 heavy (non-hydrogen) atoms. The lowest BCUT2D eigenvalue weighted by atomic mass is 10.1. The predicted molar refractivity (Wildman–Crippen MR) is 115 cm³/mol. The van der Waals surface area contributed by atoms with Crippen LogP contribution in [-0.4, -0.2) is 53.7 Å². The van der Waals surface area contributed by atoms with E-state index in [1.807, 2.05) is 6.07 Å². The van der Waals surface area contributed by atoms with Crippen LogP contribution in [0.2, 0.25) is 0 Å². The quantitative estimate of drug-likeness (QED) is 0.668. The van der Waals surface area contributed by atoms with Gasteiger partial charge in [-0.05, 0) is 49.4 Å². The average Bonchev–Trinajstić information content (AvgIpc) is 3.18. The predicted octanol–water partition coefficient (Wildman–Crippen LogP) is 3.61. The molecule has 1 saturated heterocycles. The second-order valence-corrected chi connectivity index (χ2v) is 7.39. The first-order valence-electron chi connectivity index (χ1n) is 10.2. The Kier molecular flexibility index (Phi) is 5.67. The zero-order valence-corrected chi connectivity index (χ0v) is 16.7. The third kappa shape index (κ3) is 4.35. The molecule has 152 valence electrons. The number of anilines is 1. The summed E-state index contributed by atoms with van der Waals surface area (Å²) < 4.78 is 5.05. The molecule has 0 saturated carbocycles. The number of hydrogen-bond donors (Lipinski definition) is 2. The summed E-state index contributed by atoms with van der Waals surface area (Å²) in [4.78, 5) is 24.0. The highest BCUT2D eigenvalue weighted by molar-refractivity contribution is 5.87. The van der Waals surface area contributed by atoms with Gasteiger partial charge in [-0.15, -0.1) is 0 Å². The summed E-state index contributed by atoms with van der Waals surface area (Å²) in [5, 5.41) is 0. The van der Waals surface area contributed by atoms with Crippen molar-refractivity contribution in [1.29, 1.82) is 0 Å². The van der Waals surface area contributed by atoms with Crippen molar-refractivity contribution in [1.82, 2.24) is 14.9 Å². The van der Waals surface area contributed by atoms with Gasteiger partial charge in [-0.2, -0.15) is 0 Å². The van der Waals surface area contributed by atoms with Gasteiger partial charge in [0.25, 0.3) is 0 Å². The van der Waals surface area contributed by atoms with Crippen molar-refractivity contribution in [2.45, 2.75) is 19.8 Å². The number of nitrogens with two attached hydrogens (primary N) is 1. The number of rotatable bonds is 6. The van der Waals surface area contributed by atoms with Gasteiger partial charge in [-0.25, -0.2) is 9.78 Å². The summed E-state index contributed by atoms with van der Waals surface area (Å²) in [6, 6.07) is 13.8. The number of aromatic amines is 1. The molecule has 1 fully saturated rings. The van der Waals surface area contributed by atoms with E-state index in [4.69, 9.17) is 10.5 Å². The molecular formula is C22H27N5O2. The molecule has 2 aromatic carbocycles. The van der Waals surface area contributed by atoms with Crippen molar-refractivity contribution in [2.75, 3.05) is 37.6 Å². The van der Waals surface area contributed by atoms with Crippen LogP contribution in [0, 0.1) is 0 Å². The zero-order valence-electron chi connectivity index (χ0n) is 16.7. The molecule has 1 amide bonds. The van der Waals surface area contributed by atoms with Crippen molar-refractivity contribution in [3.05, 3.63) is 42.5 Å². The van der Waals surface area contributed by atoms with E-state index in [0.717, 1.165) is 43.1 Å². The molecular weight excluding hydrogens is 366 g/mol. The lowest BCUT2D eigenvalue weighted by Crippen LogP contribution is -2.46. The van der Waals surface area contributed by atoms with Gasteiger partial charge in [0, 0.05) is 37.4 Å². The highest BCUT2D eigenvalue weighted by Gasteiger charge is 2.17. The van der Waals surface area contributed by atoms with Gasteiger partial charge in [0.2, 0.25) is 0 Å². The molecule has 3 N–H and O–H groups in total. The van der Waals surface area contributed by atoms with Gasteiger partial charge in [-0.3, -0.25) is 4.90 Å². The van der Waals surface area contributed by atoms with Gasteiger partial charge in [0.15, 0.2) is 5.75 Å². The number of imidazole rings is 1. The maximum absolute atomic E-state index is 11.1. The highest BCUT2D eigenvalue weighted by Crippen LogP contribution is 2.28. The molecule has 0 atom stereocenters. The van der Waals surface area contributed by atoms with E-state index in [-0.39, 0.29) is 0 Å². The maximum Gasteiger partial charge on any atom is 0.410 e. The number of H-pyrrole nitrogens is 1. The van der Waals surface area contributed by atoms with Crippen LogP contribution >= 0.6 is 0 Å². The van der Waals surface area contributed by atoms with E-state index in [9.17, 15) is 4.79 Å². The number of nitrogens with one attached hydrogen (secondary N) is 1. The summed E-state index contributed by atoms with van der Waals surface area (Å²) in [6.07, 6.45) is 1.68. The number of ether oxygens (including phenoxy) is 1. The third-order valence-corrected chi connectivity index (χ3v) is 5.39. The minimum atomic E-state index is -0.846. The van der Waals surface area contributed by atoms with Crippen molar-refractivity contribution < 1.29 is 9.53 Å². The van der Waals surface area contributed by atoms with Gasteiger partial charge in [0.05, 0.1) is 5.52 Å². The van der Waals surface area contributed by atoms with Crippen molar-refractivity contribution in [3.63, 3.8) is 0 Å². The van der Waals surface area contributed by atoms with Crippen LogP contribution in [0.4, 0.5) is 10.5 Å². The molecule has 0 spiro atoms. The van der Waals surface area contributed by atoms with Gasteiger partial charge >= 0.3 is 6.09 Å². The van der Waals surface area contributed by atoms with Gasteiger partial charge in [0.1, 0.15) is 11.3 Å². The molecule has 3 aromatic rings. The van der Waals surface area contributed by atoms with Crippen molar-refractivity contribution in [3.8, 4) is 17.1 Å². The number of nitrogens with zero attached hydrogens (tertiary/aromatic N) is 3. The summed E-state index contributed by atoms with van der Waals surface area (Å²) in [7, 11) is 0. The normalized spacial score (nSPS) is 15.0. The lowest BCUT2D eigenvalue weighted by molar-refractivity contribution is 0.211. The van der Waals surface area contributed by atoms with Crippen molar-refractivity contribution >= 4 is 22.8 Å².